The molecule has 2 rings (SSSR count). The van der Waals surface area contributed by atoms with Crippen molar-refractivity contribution in [2.45, 2.75) is 34.6 Å². The summed E-state index contributed by atoms with van der Waals surface area (Å²) in [6.07, 6.45) is 3.27. The van der Waals surface area contributed by atoms with Gasteiger partial charge in [0.1, 0.15) is 0 Å². The van der Waals surface area contributed by atoms with Crippen molar-refractivity contribution in [3.05, 3.63) is 24.5 Å². The average Bonchev–Trinajstić information content (AvgIpc) is 3.15. The fraction of sp³-hybridized carbons (Fsp3) is 0.562. The van der Waals surface area contributed by atoms with Crippen molar-refractivity contribution >= 4 is 5.91 Å². The minimum absolute atomic E-state index is 0.112. The van der Waals surface area contributed by atoms with Crippen molar-refractivity contribution in [3.8, 4) is 11.8 Å². The Morgan fingerprint density at radius 3 is 2.30 bits per heavy atom. The van der Waals surface area contributed by atoms with E-state index < -0.39 is 0 Å². The van der Waals surface area contributed by atoms with Gasteiger partial charge in [-0.25, -0.2) is 9.78 Å². The molecule has 1 N–H and O–H groups in total. The molecule has 2 aromatic rings. The molecule has 0 unspecified atom stereocenters. The van der Waals surface area contributed by atoms with Crippen LogP contribution >= 0.6 is 0 Å². The number of ether oxygens (including phenoxy) is 2. The molecule has 7 heteroatoms. The monoisotopic (exact) mass is 322 g/mol. The molecule has 128 valence electrons. The molecule has 0 fully saturated rings. The highest BCUT2D eigenvalue weighted by atomic mass is 16.5. The molecule has 7 nitrogen and oxygen atoms in total. The van der Waals surface area contributed by atoms with Crippen LogP contribution in [0.1, 0.15) is 39.4 Å². The van der Waals surface area contributed by atoms with E-state index in [-0.39, 0.29) is 5.91 Å². The fourth-order valence-corrected chi connectivity index (χ4v) is 1.39. The summed E-state index contributed by atoms with van der Waals surface area (Å²) in [5.74, 6) is 2.16. The van der Waals surface area contributed by atoms with Crippen LogP contribution in [-0.2, 0) is 0 Å². The molecule has 0 bridgehead atoms. The highest BCUT2D eigenvalue weighted by Gasteiger charge is 2.03. The van der Waals surface area contributed by atoms with Gasteiger partial charge in [-0.3, -0.25) is 4.79 Å². The van der Waals surface area contributed by atoms with Gasteiger partial charge < -0.3 is 9.47 Å². The molecule has 0 aliphatic rings. The van der Waals surface area contributed by atoms with Crippen LogP contribution in [0.3, 0.4) is 0 Å². The van der Waals surface area contributed by atoms with E-state index in [1.165, 1.54) is 11.6 Å². The molecule has 23 heavy (non-hydrogen) atoms. The molecule has 2 heterocycles. The number of hydrogen-bond acceptors (Lipinski definition) is 5. The van der Waals surface area contributed by atoms with Crippen molar-refractivity contribution in [2.75, 3.05) is 13.2 Å². The lowest BCUT2D eigenvalue weighted by atomic mass is 10.2. The largest absolute Gasteiger partial charge is 0.478 e. The first kappa shape index (κ1) is 18.7. The Kier molecular flexibility index (Phi) is 7.87. The Morgan fingerprint density at radius 2 is 1.83 bits per heavy atom. The maximum absolute atomic E-state index is 10.8. The highest BCUT2D eigenvalue weighted by molar-refractivity contribution is 5.75. The van der Waals surface area contributed by atoms with Gasteiger partial charge >= 0.3 is 0 Å². The number of hydrogen-bond donors (Lipinski definition) is 1. The van der Waals surface area contributed by atoms with Gasteiger partial charge in [-0.1, -0.05) is 27.7 Å². The number of H-pyrrole nitrogens is 1. The van der Waals surface area contributed by atoms with Crippen molar-refractivity contribution in [2.24, 2.45) is 11.8 Å². The van der Waals surface area contributed by atoms with Gasteiger partial charge in [-0.15, -0.1) is 5.10 Å². The molecule has 2 aromatic heterocycles. The molecule has 0 amide bonds. The number of nitrogens with zero attached hydrogens (tertiary/aromatic N) is 3. The van der Waals surface area contributed by atoms with Crippen LogP contribution in [0.25, 0.3) is 0 Å². The third kappa shape index (κ3) is 8.04. The minimum Gasteiger partial charge on any atom is -0.478 e. The van der Waals surface area contributed by atoms with Crippen LogP contribution in [0.2, 0.25) is 0 Å². The Hall–Kier alpha value is -2.31. The molecular weight excluding hydrogens is 296 g/mol. The van der Waals surface area contributed by atoms with Crippen LogP contribution in [0.4, 0.5) is 0 Å². The first-order valence-electron chi connectivity index (χ1n) is 7.70. The Bertz CT molecular complexity index is 562. The Labute approximate surface area is 137 Å². The third-order valence-electron chi connectivity index (χ3n) is 2.50. The van der Waals surface area contributed by atoms with Gasteiger partial charge in [0, 0.05) is 25.3 Å². The van der Waals surface area contributed by atoms with E-state index >= 15 is 0 Å². The van der Waals surface area contributed by atoms with Gasteiger partial charge in [0.15, 0.2) is 0 Å². The summed E-state index contributed by atoms with van der Waals surface area (Å²) in [5.41, 5.74) is 0. The third-order valence-corrected chi connectivity index (χ3v) is 2.50. The van der Waals surface area contributed by atoms with Crippen LogP contribution in [0.15, 0.2) is 24.5 Å². The molecule has 0 aliphatic heterocycles. The van der Waals surface area contributed by atoms with E-state index in [1.54, 1.807) is 18.5 Å². The van der Waals surface area contributed by atoms with Crippen LogP contribution in [-0.4, -0.2) is 39.1 Å². The lowest BCUT2D eigenvalue weighted by Gasteiger charge is -2.04. The summed E-state index contributed by atoms with van der Waals surface area (Å²) < 4.78 is 11.9. The van der Waals surface area contributed by atoms with Crippen molar-refractivity contribution in [1.82, 2.24) is 20.0 Å². The zero-order chi connectivity index (χ0) is 17.2. The smallest absolute Gasteiger partial charge is 0.243 e. The fourth-order valence-electron chi connectivity index (χ4n) is 1.39. The second-order valence-electron chi connectivity index (χ2n) is 5.95. The summed E-state index contributed by atoms with van der Waals surface area (Å²) in [5, 5.41) is 10.4. The summed E-state index contributed by atoms with van der Waals surface area (Å²) in [6.45, 7) is 11.1. The number of aromatic amines is 1. The van der Waals surface area contributed by atoms with Gasteiger partial charge in [0.25, 0.3) is 0 Å². The SMILES string of the molecule is CC(=O)n1ccc(OCC(C)C)n1.CC(C)COc1ccn[nH]1. The summed E-state index contributed by atoms with van der Waals surface area (Å²) in [4.78, 5) is 10.8. The molecular formula is C16H26N4O3. The van der Waals surface area contributed by atoms with Gasteiger partial charge in [0.2, 0.25) is 17.7 Å². The molecule has 0 saturated heterocycles. The van der Waals surface area contributed by atoms with Crippen molar-refractivity contribution < 1.29 is 14.3 Å². The number of carbonyl (C=O) groups is 1. The molecule has 0 saturated carbocycles. The van der Waals surface area contributed by atoms with Gasteiger partial charge in [-0.2, -0.15) is 5.10 Å². The van der Waals surface area contributed by atoms with Crippen LogP contribution < -0.4 is 9.47 Å². The normalized spacial score (nSPS) is 10.4. The van der Waals surface area contributed by atoms with E-state index in [0.717, 1.165) is 12.5 Å². The van der Waals surface area contributed by atoms with Gasteiger partial charge in [-0.05, 0) is 11.8 Å². The second kappa shape index (κ2) is 9.66. The Balaban J connectivity index is 0.000000238. The predicted molar refractivity (Wildman–Crippen MR) is 87.8 cm³/mol. The topological polar surface area (TPSA) is 82.0 Å². The van der Waals surface area contributed by atoms with Crippen LogP contribution in [0.5, 0.6) is 11.8 Å². The molecule has 0 radical (unpaired) electrons. The molecule has 0 aliphatic carbocycles. The zero-order valence-corrected chi connectivity index (χ0v) is 14.4. The summed E-state index contributed by atoms with van der Waals surface area (Å²) in [7, 11) is 0. The minimum atomic E-state index is -0.112. The lowest BCUT2D eigenvalue weighted by Crippen LogP contribution is -2.08. The first-order valence-corrected chi connectivity index (χ1v) is 7.70. The summed E-state index contributed by atoms with van der Waals surface area (Å²) >= 11 is 0. The molecule has 0 spiro atoms. The quantitative estimate of drug-likeness (QED) is 0.884. The standard InChI is InChI=1S/C9H14N2O2.C7H12N2O/c1-7(2)6-13-9-4-5-11(10-9)8(3)12;1-6(2)5-10-7-3-4-8-9-7/h4-5,7H,6H2,1-3H3;3-4,6H,5H2,1-2H3,(H,8,9). The predicted octanol–water partition coefficient (Wildman–Crippen LogP) is 3.02. The second-order valence-corrected chi connectivity index (χ2v) is 5.95. The van der Waals surface area contributed by atoms with Crippen LogP contribution in [0, 0.1) is 11.8 Å². The van der Waals surface area contributed by atoms with E-state index in [1.807, 2.05) is 6.07 Å². The number of aromatic nitrogens is 4. The van der Waals surface area contributed by atoms with Gasteiger partial charge in [0.05, 0.1) is 19.4 Å². The highest BCUT2D eigenvalue weighted by Crippen LogP contribution is 2.07. The number of nitrogens with one attached hydrogen (secondary N) is 1. The maximum atomic E-state index is 10.8. The van der Waals surface area contributed by atoms with E-state index in [0.29, 0.717) is 24.3 Å². The maximum Gasteiger partial charge on any atom is 0.243 e. The van der Waals surface area contributed by atoms with E-state index in [2.05, 4.69) is 43.0 Å². The first-order chi connectivity index (χ1) is 10.9. The van der Waals surface area contributed by atoms with Crippen molar-refractivity contribution in [1.29, 1.82) is 0 Å². The lowest BCUT2D eigenvalue weighted by molar-refractivity contribution is 0.0918. The number of carbonyl (C=O) groups excluding carboxylic acids is 1. The zero-order valence-electron chi connectivity index (χ0n) is 14.4. The number of rotatable bonds is 6. The molecule has 0 atom stereocenters. The van der Waals surface area contributed by atoms with E-state index in [9.17, 15) is 4.79 Å². The van der Waals surface area contributed by atoms with Crippen molar-refractivity contribution in [3.63, 3.8) is 0 Å². The average molecular weight is 322 g/mol. The molecule has 0 aromatic carbocycles. The summed E-state index contributed by atoms with van der Waals surface area (Å²) in [6, 6.07) is 3.49. The Morgan fingerprint density at radius 1 is 1.17 bits per heavy atom. The van der Waals surface area contributed by atoms with E-state index in [4.69, 9.17) is 9.47 Å².